The van der Waals surface area contributed by atoms with E-state index in [0.29, 0.717) is 19.9 Å². The number of rotatable bonds is 0. The Morgan fingerprint density at radius 1 is 1.31 bits per heavy atom. The van der Waals surface area contributed by atoms with Crippen molar-refractivity contribution in [3.05, 3.63) is 26.6 Å². The molecule has 0 amide bonds. The molecule has 0 saturated carbocycles. The molecule has 7 heteroatoms. The SMILES string of the molecule is N#Cc1c[nH]c2c(S)c(S)c(=S)[nH]c2c1=O. The molecule has 16 heavy (non-hydrogen) atoms. The van der Waals surface area contributed by atoms with Gasteiger partial charge in [-0.05, 0) is 0 Å². The van der Waals surface area contributed by atoms with Crippen LogP contribution >= 0.6 is 37.5 Å². The van der Waals surface area contributed by atoms with Gasteiger partial charge in [0.05, 0.1) is 10.4 Å². The topological polar surface area (TPSA) is 72.4 Å². The van der Waals surface area contributed by atoms with Crippen molar-refractivity contribution in [2.75, 3.05) is 0 Å². The van der Waals surface area contributed by atoms with Crippen molar-refractivity contribution in [2.24, 2.45) is 0 Å². The summed E-state index contributed by atoms with van der Waals surface area (Å²) in [5.41, 5.74) is 0.363. The molecular weight excluding hydrogens is 262 g/mol. The Kier molecular flexibility index (Phi) is 2.80. The third-order valence-electron chi connectivity index (χ3n) is 2.12. The molecule has 0 aliphatic carbocycles. The minimum Gasteiger partial charge on any atom is -0.358 e. The van der Waals surface area contributed by atoms with Gasteiger partial charge in [0.25, 0.3) is 0 Å². The molecule has 2 aromatic rings. The van der Waals surface area contributed by atoms with Crippen molar-refractivity contribution in [3.63, 3.8) is 0 Å². The van der Waals surface area contributed by atoms with E-state index in [1.54, 1.807) is 6.07 Å². The van der Waals surface area contributed by atoms with Crippen LogP contribution in [0.4, 0.5) is 0 Å². The largest absolute Gasteiger partial charge is 0.358 e. The van der Waals surface area contributed by atoms with Crippen LogP contribution in [0.2, 0.25) is 0 Å². The maximum atomic E-state index is 11.8. The van der Waals surface area contributed by atoms with Crippen molar-refractivity contribution in [1.29, 1.82) is 5.26 Å². The van der Waals surface area contributed by atoms with Gasteiger partial charge in [0, 0.05) is 11.1 Å². The lowest BCUT2D eigenvalue weighted by Crippen LogP contribution is -2.09. The predicted molar refractivity (Wildman–Crippen MR) is 69.0 cm³/mol. The highest BCUT2D eigenvalue weighted by atomic mass is 32.1. The summed E-state index contributed by atoms with van der Waals surface area (Å²) in [7, 11) is 0. The molecule has 2 rings (SSSR count). The first-order chi connectivity index (χ1) is 7.56. The first-order valence-corrected chi connectivity index (χ1v) is 5.46. The van der Waals surface area contributed by atoms with E-state index in [1.165, 1.54) is 6.20 Å². The van der Waals surface area contributed by atoms with Gasteiger partial charge in [-0.15, -0.1) is 25.3 Å². The lowest BCUT2D eigenvalue weighted by atomic mass is 10.2. The second kappa shape index (κ2) is 3.97. The fourth-order valence-corrected chi connectivity index (χ4v) is 2.05. The zero-order valence-electron chi connectivity index (χ0n) is 7.74. The Morgan fingerprint density at radius 3 is 2.62 bits per heavy atom. The van der Waals surface area contributed by atoms with E-state index in [9.17, 15) is 4.79 Å². The number of hydrogen-bond donors (Lipinski definition) is 4. The first-order valence-electron chi connectivity index (χ1n) is 4.16. The number of nitrogens with one attached hydrogen (secondary N) is 2. The van der Waals surface area contributed by atoms with Gasteiger partial charge in [-0.25, -0.2) is 0 Å². The smallest absolute Gasteiger partial charge is 0.223 e. The number of nitrogens with zero attached hydrogens (tertiary/aromatic N) is 1. The van der Waals surface area contributed by atoms with Crippen molar-refractivity contribution >= 4 is 48.5 Å². The maximum Gasteiger partial charge on any atom is 0.223 e. The van der Waals surface area contributed by atoms with Crippen molar-refractivity contribution in [3.8, 4) is 6.07 Å². The average molecular weight is 267 g/mol. The van der Waals surface area contributed by atoms with E-state index >= 15 is 0 Å². The van der Waals surface area contributed by atoms with Gasteiger partial charge < -0.3 is 9.97 Å². The Balaban J connectivity index is 3.10. The zero-order chi connectivity index (χ0) is 11.9. The van der Waals surface area contributed by atoms with Crippen LogP contribution in [0.15, 0.2) is 20.8 Å². The number of aromatic amines is 2. The molecule has 0 atom stereocenters. The van der Waals surface area contributed by atoms with Crippen molar-refractivity contribution in [2.45, 2.75) is 9.79 Å². The van der Waals surface area contributed by atoms with Crippen molar-refractivity contribution in [1.82, 2.24) is 9.97 Å². The van der Waals surface area contributed by atoms with Crippen LogP contribution in [0.1, 0.15) is 5.56 Å². The molecule has 0 aliphatic heterocycles. The molecule has 0 aromatic carbocycles. The van der Waals surface area contributed by atoms with Crippen LogP contribution in [-0.2, 0) is 0 Å². The average Bonchev–Trinajstić information content (AvgIpc) is 2.28. The third kappa shape index (κ3) is 1.55. The highest BCUT2D eigenvalue weighted by molar-refractivity contribution is 7.84. The standard InChI is InChI=1S/C9H5N3OS3/c10-1-3-2-11-5-4(6(3)13)12-9(16)8(15)7(5)14/h2,15H,(H,11,13)(H2,12,14,16). The first kappa shape index (κ1) is 11.3. The lowest BCUT2D eigenvalue weighted by molar-refractivity contribution is 1.14. The van der Waals surface area contributed by atoms with Gasteiger partial charge in [0.15, 0.2) is 0 Å². The summed E-state index contributed by atoms with van der Waals surface area (Å²) in [6.07, 6.45) is 1.34. The Labute approximate surface area is 106 Å². The summed E-state index contributed by atoms with van der Waals surface area (Å²) < 4.78 is 0.321. The van der Waals surface area contributed by atoms with Gasteiger partial charge in [0.2, 0.25) is 5.43 Å². The van der Waals surface area contributed by atoms with E-state index in [4.69, 9.17) is 17.5 Å². The second-order valence-electron chi connectivity index (χ2n) is 3.04. The number of hydrogen-bond acceptors (Lipinski definition) is 5. The lowest BCUT2D eigenvalue weighted by Gasteiger charge is -2.04. The van der Waals surface area contributed by atoms with E-state index < -0.39 is 5.43 Å². The van der Waals surface area contributed by atoms with Crippen LogP contribution in [0.25, 0.3) is 11.0 Å². The fourth-order valence-electron chi connectivity index (χ4n) is 1.32. The summed E-state index contributed by atoms with van der Waals surface area (Å²) in [6.45, 7) is 0. The summed E-state index contributed by atoms with van der Waals surface area (Å²) in [5.74, 6) is 0. The maximum absolute atomic E-state index is 11.8. The van der Waals surface area contributed by atoms with E-state index in [1.807, 2.05) is 0 Å². The molecule has 0 radical (unpaired) electrons. The van der Waals surface area contributed by atoms with Crippen LogP contribution in [0, 0.1) is 16.0 Å². The van der Waals surface area contributed by atoms with Crippen LogP contribution < -0.4 is 5.43 Å². The highest BCUT2D eigenvalue weighted by Gasteiger charge is 2.10. The summed E-state index contributed by atoms with van der Waals surface area (Å²) >= 11 is 13.4. The third-order valence-corrected chi connectivity index (χ3v) is 3.65. The Morgan fingerprint density at radius 2 is 2.00 bits per heavy atom. The second-order valence-corrected chi connectivity index (χ2v) is 4.35. The zero-order valence-corrected chi connectivity index (χ0v) is 10.3. The van der Waals surface area contributed by atoms with Crippen LogP contribution in [-0.4, -0.2) is 9.97 Å². The number of thiol groups is 2. The molecular formula is C9H5N3OS3. The highest BCUT2D eigenvalue weighted by Crippen LogP contribution is 2.24. The van der Waals surface area contributed by atoms with Crippen LogP contribution in [0.5, 0.6) is 0 Å². The molecule has 0 spiro atoms. The molecule has 2 aromatic heterocycles. The molecule has 0 bridgehead atoms. The van der Waals surface area contributed by atoms with Gasteiger partial charge in [-0.1, -0.05) is 12.2 Å². The number of aromatic nitrogens is 2. The summed E-state index contributed by atoms with van der Waals surface area (Å²) in [5, 5.41) is 8.73. The quantitative estimate of drug-likeness (QED) is 0.436. The van der Waals surface area contributed by atoms with Gasteiger partial charge in [-0.2, -0.15) is 5.26 Å². The van der Waals surface area contributed by atoms with E-state index in [-0.39, 0.29) is 11.1 Å². The van der Waals surface area contributed by atoms with Gasteiger partial charge in [0.1, 0.15) is 21.8 Å². The minimum absolute atomic E-state index is 0.0257. The summed E-state index contributed by atoms with van der Waals surface area (Å²) in [6, 6.07) is 1.80. The molecule has 0 unspecified atom stereocenters. The normalized spacial score (nSPS) is 10.3. The van der Waals surface area contributed by atoms with Crippen LogP contribution in [0.3, 0.4) is 0 Å². The molecule has 2 N–H and O–H groups in total. The Bertz CT molecular complexity index is 738. The molecule has 80 valence electrons. The molecule has 0 fully saturated rings. The van der Waals surface area contributed by atoms with Gasteiger partial charge >= 0.3 is 0 Å². The fraction of sp³-hybridized carbons (Fsp3) is 0. The van der Waals surface area contributed by atoms with Gasteiger partial charge in [-0.3, -0.25) is 4.79 Å². The number of pyridine rings is 2. The minimum atomic E-state index is -0.397. The van der Waals surface area contributed by atoms with Crippen molar-refractivity contribution < 1.29 is 0 Å². The predicted octanol–water partition coefficient (Wildman–Crippen LogP) is 2.03. The Hall–Kier alpha value is -1.23. The number of nitriles is 1. The molecule has 0 saturated heterocycles. The van der Waals surface area contributed by atoms with E-state index in [0.717, 1.165) is 0 Å². The van der Waals surface area contributed by atoms with E-state index in [2.05, 4.69) is 35.2 Å². The number of fused-ring (bicyclic) bond motifs is 1. The monoisotopic (exact) mass is 267 g/mol. The summed E-state index contributed by atoms with van der Waals surface area (Å²) in [4.78, 5) is 18.3. The molecule has 2 heterocycles. The molecule has 4 nitrogen and oxygen atoms in total. The number of H-pyrrole nitrogens is 2. The molecule has 0 aliphatic rings.